The topological polar surface area (TPSA) is 67.4 Å². The molecule has 0 saturated carbocycles. The van der Waals surface area contributed by atoms with Gasteiger partial charge in [-0.25, -0.2) is 0 Å². The second-order valence-electron chi connectivity index (χ2n) is 5.97. The van der Waals surface area contributed by atoms with E-state index in [1.807, 2.05) is 12.1 Å². The summed E-state index contributed by atoms with van der Waals surface area (Å²) in [6, 6.07) is 10.7. The lowest BCUT2D eigenvalue weighted by molar-refractivity contribution is -0.117. The van der Waals surface area contributed by atoms with Gasteiger partial charge < -0.3 is 15.4 Å². The van der Waals surface area contributed by atoms with Gasteiger partial charge in [-0.1, -0.05) is 29.3 Å². The SMILES string of the molecule is O=C(CCCOc1cccc(Cl)c1Cl)Nc1ccc2c(c1)CCC(=O)N2. The lowest BCUT2D eigenvalue weighted by Crippen LogP contribution is -2.19. The minimum atomic E-state index is -0.0920. The number of nitrogens with one attached hydrogen (secondary N) is 2. The number of anilines is 2. The summed E-state index contributed by atoms with van der Waals surface area (Å²) in [5.41, 5.74) is 2.57. The molecule has 1 aliphatic rings. The summed E-state index contributed by atoms with van der Waals surface area (Å²) in [4.78, 5) is 23.5. The summed E-state index contributed by atoms with van der Waals surface area (Å²) in [5, 5.41) is 6.50. The van der Waals surface area contributed by atoms with Crippen LogP contribution in [-0.4, -0.2) is 18.4 Å². The maximum atomic E-state index is 12.1. The summed E-state index contributed by atoms with van der Waals surface area (Å²) in [5.74, 6) is 0.441. The number of ether oxygens (including phenoxy) is 1. The third-order valence-corrected chi connectivity index (χ3v) is 4.81. The zero-order valence-electron chi connectivity index (χ0n) is 14.0. The van der Waals surface area contributed by atoms with Crippen LogP contribution in [0.4, 0.5) is 11.4 Å². The highest BCUT2D eigenvalue weighted by Gasteiger charge is 2.15. The van der Waals surface area contributed by atoms with Crippen molar-refractivity contribution in [1.29, 1.82) is 0 Å². The Morgan fingerprint density at radius 2 is 2.04 bits per heavy atom. The standard InChI is InChI=1S/C19H18Cl2N2O3/c20-14-3-1-4-16(19(14)21)26-10-2-5-17(24)22-13-7-8-15-12(11-13)6-9-18(25)23-15/h1,3-4,7-8,11H,2,5-6,9-10H2,(H,22,24)(H,23,25). The molecule has 0 aromatic heterocycles. The highest BCUT2D eigenvalue weighted by Crippen LogP contribution is 2.31. The molecule has 2 amide bonds. The number of carbonyl (C=O) groups excluding carboxylic acids is 2. The minimum Gasteiger partial charge on any atom is -0.492 e. The van der Waals surface area contributed by atoms with Crippen molar-refractivity contribution < 1.29 is 14.3 Å². The monoisotopic (exact) mass is 392 g/mol. The lowest BCUT2D eigenvalue weighted by atomic mass is 10.0. The molecule has 0 saturated heterocycles. The van der Waals surface area contributed by atoms with Crippen molar-refractivity contribution in [2.24, 2.45) is 0 Å². The van der Waals surface area contributed by atoms with E-state index in [-0.39, 0.29) is 11.8 Å². The fraction of sp³-hybridized carbons (Fsp3) is 0.263. The van der Waals surface area contributed by atoms with Gasteiger partial charge in [-0.3, -0.25) is 9.59 Å². The first kappa shape index (κ1) is 18.5. The van der Waals surface area contributed by atoms with Gasteiger partial charge in [-0.15, -0.1) is 0 Å². The van der Waals surface area contributed by atoms with Gasteiger partial charge in [-0.05, 0) is 48.7 Å². The smallest absolute Gasteiger partial charge is 0.224 e. The van der Waals surface area contributed by atoms with Crippen molar-refractivity contribution in [2.75, 3.05) is 17.2 Å². The Kier molecular flexibility index (Phi) is 6.01. The van der Waals surface area contributed by atoms with E-state index in [0.717, 1.165) is 16.9 Å². The van der Waals surface area contributed by atoms with Gasteiger partial charge in [0.05, 0.1) is 11.6 Å². The second kappa shape index (κ2) is 8.43. The zero-order chi connectivity index (χ0) is 18.5. The molecule has 2 aromatic rings. The average Bonchev–Trinajstić information content (AvgIpc) is 2.62. The Hall–Kier alpha value is -2.24. The maximum absolute atomic E-state index is 12.1. The van der Waals surface area contributed by atoms with Crippen LogP contribution in [0.1, 0.15) is 24.8 Å². The van der Waals surface area contributed by atoms with E-state index < -0.39 is 0 Å². The molecule has 0 bridgehead atoms. The van der Waals surface area contributed by atoms with Crippen molar-refractivity contribution >= 4 is 46.4 Å². The average molecular weight is 393 g/mol. The molecular formula is C19H18Cl2N2O3. The molecule has 5 nitrogen and oxygen atoms in total. The molecule has 1 heterocycles. The fourth-order valence-corrected chi connectivity index (χ4v) is 3.04. The van der Waals surface area contributed by atoms with E-state index in [2.05, 4.69) is 10.6 Å². The molecule has 136 valence electrons. The van der Waals surface area contributed by atoms with Crippen LogP contribution in [0.5, 0.6) is 5.75 Å². The molecule has 3 rings (SSSR count). The largest absolute Gasteiger partial charge is 0.492 e. The number of halogens is 2. The van der Waals surface area contributed by atoms with Crippen LogP contribution >= 0.6 is 23.2 Å². The number of carbonyl (C=O) groups is 2. The number of hydrogen-bond donors (Lipinski definition) is 2. The number of rotatable bonds is 6. The molecule has 0 atom stereocenters. The van der Waals surface area contributed by atoms with Gasteiger partial charge in [0, 0.05) is 24.2 Å². The van der Waals surface area contributed by atoms with Gasteiger partial charge >= 0.3 is 0 Å². The van der Waals surface area contributed by atoms with Crippen LogP contribution in [-0.2, 0) is 16.0 Å². The summed E-state index contributed by atoms with van der Waals surface area (Å²) < 4.78 is 5.57. The van der Waals surface area contributed by atoms with Gasteiger partial charge in [-0.2, -0.15) is 0 Å². The molecule has 7 heteroatoms. The van der Waals surface area contributed by atoms with Crippen molar-refractivity contribution in [1.82, 2.24) is 0 Å². The molecule has 2 aromatic carbocycles. The molecule has 0 aliphatic carbocycles. The highest BCUT2D eigenvalue weighted by molar-refractivity contribution is 6.42. The Bertz CT molecular complexity index is 840. The van der Waals surface area contributed by atoms with Crippen LogP contribution in [0.15, 0.2) is 36.4 Å². The molecule has 1 aliphatic heterocycles. The van der Waals surface area contributed by atoms with E-state index >= 15 is 0 Å². The summed E-state index contributed by atoms with van der Waals surface area (Å²) in [6.07, 6.45) is 2.02. The zero-order valence-corrected chi connectivity index (χ0v) is 15.5. The number of fused-ring (bicyclic) bond motifs is 1. The lowest BCUT2D eigenvalue weighted by Gasteiger charge is -2.17. The number of hydrogen-bond acceptors (Lipinski definition) is 3. The third-order valence-electron chi connectivity index (χ3n) is 4.01. The summed E-state index contributed by atoms with van der Waals surface area (Å²) in [7, 11) is 0. The molecule has 2 N–H and O–H groups in total. The van der Waals surface area contributed by atoms with Gasteiger partial charge in [0.1, 0.15) is 10.8 Å². The van der Waals surface area contributed by atoms with Gasteiger partial charge in [0.25, 0.3) is 0 Å². The van der Waals surface area contributed by atoms with Crippen molar-refractivity contribution in [3.05, 3.63) is 52.0 Å². The van der Waals surface area contributed by atoms with Crippen molar-refractivity contribution in [3.8, 4) is 5.75 Å². The van der Waals surface area contributed by atoms with Crippen LogP contribution in [0.3, 0.4) is 0 Å². The van der Waals surface area contributed by atoms with Crippen LogP contribution in [0, 0.1) is 0 Å². The first-order valence-electron chi connectivity index (χ1n) is 8.32. The highest BCUT2D eigenvalue weighted by atomic mass is 35.5. The normalized spacial score (nSPS) is 12.9. The first-order valence-corrected chi connectivity index (χ1v) is 9.08. The number of amides is 2. The van der Waals surface area contributed by atoms with E-state index in [1.54, 1.807) is 24.3 Å². The number of aryl methyl sites for hydroxylation is 1. The predicted molar refractivity (Wildman–Crippen MR) is 103 cm³/mol. The third kappa shape index (κ3) is 4.68. The van der Waals surface area contributed by atoms with Crippen LogP contribution < -0.4 is 15.4 Å². The van der Waals surface area contributed by atoms with E-state index in [0.29, 0.717) is 48.1 Å². The Morgan fingerprint density at radius 1 is 1.19 bits per heavy atom. The number of benzene rings is 2. The predicted octanol–water partition coefficient (Wildman–Crippen LogP) is 4.68. The summed E-state index contributed by atoms with van der Waals surface area (Å²) in [6.45, 7) is 0.365. The van der Waals surface area contributed by atoms with Crippen LogP contribution in [0.2, 0.25) is 10.0 Å². The van der Waals surface area contributed by atoms with Crippen LogP contribution in [0.25, 0.3) is 0 Å². The van der Waals surface area contributed by atoms with E-state index in [9.17, 15) is 9.59 Å². The Balaban J connectivity index is 1.46. The Morgan fingerprint density at radius 3 is 2.88 bits per heavy atom. The Labute approximate surface area is 161 Å². The van der Waals surface area contributed by atoms with Crippen molar-refractivity contribution in [3.63, 3.8) is 0 Å². The van der Waals surface area contributed by atoms with E-state index in [4.69, 9.17) is 27.9 Å². The maximum Gasteiger partial charge on any atom is 0.224 e. The summed E-state index contributed by atoms with van der Waals surface area (Å²) >= 11 is 12.0. The van der Waals surface area contributed by atoms with Gasteiger partial charge in [0.15, 0.2) is 0 Å². The second-order valence-corrected chi connectivity index (χ2v) is 6.76. The molecule has 0 spiro atoms. The van der Waals surface area contributed by atoms with E-state index in [1.165, 1.54) is 0 Å². The van der Waals surface area contributed by atoms with Crippen molar-refractivity contribution in [2.45, 2.75) is 25.7 Å². The molecule has 0 unspecified atom stereocenters. The molecule has 0 fully saturated rings. The quantitative estimate of drug-likeness (QED) is 0.701. The molecular weight excluding hydrogens is 375 g/mol. The van der Waals surface area contributed by atoms with Gasteiger partial charge in [0.2, 0.25) is 11.8 Å². The fourth-order valence-electron chi connectivity index (χ4n) is 2.69. The first-order chi connectivity index (χ1) is 12.5. The minimum absolute atomic E-state index is 0.0223. The molecule has 26 heavy (non-hydrogen) atoms. The molecule has 0 radical (unpaired) electrons.